The molecule has 5 nitrogen and oxygen atoms in total. The fraction of sp³-hybridized carbons (Fsp3) is 0.118. The van der Waals surface area contributed by atoms with Crippen molar-refractivity contribution in [2.24, 2.45) is 0 Å². The fourth-order valence-corrected chi connectivity index (χ4v) is 2.19. The van der Waals surface area contributed by atoms with Crippen molar-refractivity contribution in [1.82, 2.24) is 10.1 Å². The number of ether oxygens (including phenoxy) is 1. The Morgan fingerprint density at radius 3 is 2.52 bits per heavy atom. The number of hydrogen-bond acceptors (Lipinski definition) is 5. The predicted molar refractivity (Wildman–Crippen MR) is 87.7 cm³/mol. The predicted octanol–water partition coefficient (Wildman–Crippen LogP) is 4.16. The number of halogens is 1. The minimum Gasteiger partial charge on any atom is -0.452 e. The molecule has 0 fully saturated rings. The van der Waals surface area contributed by atoms with E-state index < -0.39 is 5.97 Å². The molecule has 0 atom stereocenters. The molecule has 2 aromatic carbocycles. The molecular weight excluding hydrogens is 360 g/mol. The van der Waals surface area contributed by atoms with Crippen LogP contribution in [0.5, 0.6) is 0 Å². The topological polar surface area (TPSA) is 65.2 Å². The van der Waals surface area contributed by atoms with Crippen LogP contribution in [0.4, 0.5) is 0 Å². The third-order valence-corrected chi connectivity index (χ3v) is 3.71. The van der Waals surface area contributed by atoms with E-state index in [-0.39, 0.29) is 12.5 Å². The second kappa shape index (κ2) is 6.75. The first kappa shape index (κ1) is 15.4. The molecule has 0 radical (unpaired) electrons. The molecule has 1 aromatic heterocycles. The summed E-state index contributed by atoms with van der Waals surface area (Å²) in [5.41, 5.74) is 2.40. The zero-order chi connectivity index (χ0) is 16.2. The largest absolute Gasteiger partial charge is 0.452 e. The Balaban J connectivity index is 1.64. The van der Waals surface area contributed by atoms with Crippen LogP contribution < -0.4 is 0 Å². The van der Waals surface area contributed by atoms with Crippen molar-refractivity contribution in [1.29, 1.82) is 0 Å². The lowest BCUT2D eigenvalue weighted by molar-refractivity contribution is 0.0430. The van der Waals surface area contributed by atoms with Crippen LogP contribution in [0.25, 0.3) is 11.4 Å². The number of nitrogens with zero attached hydrogens (tertiary/aromatic N) is 2. The van der Waals surface area contributed by atoms with E-state index in [0.717, 1.165) is 15.6 Å². The number of rotatable bonds is 4. The van der Waals surface area contributed by atoms with Gasteiger partial charge in [-0.25, -0.2) is 4.79 Å². The Bertz CT molecular complexity index is 811. The Labute approximate surface area is 141 Å². The van der Waals surface area contributed by atoms with Gasteiger partial charge in [-0.15, -0.1) is 0 Å². The minimum absolute atomic E-state index is 0.0593. The molecule has 6 heteroatoms. The molecule has 1 heterocycles. The summed E-state index contributed by atoms with van der Waals surface area (Å²) in [7, 11) is 0. The van der Waals surface area contributed by atoms with Crippen LogP contribution in [0.3, 0.4) is 0 Å². The summed E-state index contributed by atoms with van der Waals surface area (Å²) >= 11 is 3.37. The summed E-state index contributed by atoms with van der Waals surface area (Å²) in [6.07, 6.45) is 0. The Kier molecular flexibility index (Phi) is 4.52. The van der Waals surface area contributed by atoms with E-state index in [0.29, 0.717) is 11.4 Å². The van der Waals surface area contributed by atoms with E-state index in [9.17, 15) is 4.79 Å². The summed E-state index contributed by atoms with van der Waals surface area (Å²) in [5.74, 6) is 0.288. The average molecular weight is 373 g/mol. The molecule has 116 valence electrons. The quantitative estimate of drug-likeness (QED) is 0.643. The third kappa shape index (κ3) is 3.84. The van der Waals surface area contributed by atoms with E-state index in [1.165, 1.54) is 0 Å². The number of hydrogen-bond donors (Lipinski definition) is 0. The van der Waals surface area contributed by atoms with Crippen LogP contribution in [0.15, 0.2) is 57.5 Å². The molecule has 0 saturated carbocycles. The molecule has 0 unspecified atom stereocenters. The maximum Gasteiger partial charge on any atom is 0.338 e. The van der Waals surface area contributed by atoms with Gasteiger partial charge in [-0.1, -0.05) is 38.8 Å². The van der Waals surface area contributed by atoms with Gasteiger partial charge in [0.2, 0.25) is 5.82 Å². The fourth-order valence-electron chi connectivity index (χ4n) is 1.93. The molecule has 23 heavy (non-hydrogen) atoms. The normalized spacial score (nSPS) is 10.5. The van der Waals surface area contributed by atoms with Crippen molar-refractivity contribution in [3.05, 3.63) is 70.0 Å². The first-order chi connectivity index (χ1) is 11.1. The van der Waals surface area contributed by atoms with Gasteiger partial charge in [0.05, 0.1) is 5.56 Å². The molecule has 0 aliphatic rings. The molecule has 3 aromatic rings. The lowest BCUT2D eigenvalue weighted by Gasteiger charge is -2.01. The highest BCUT2D eigenvalue weighted by molar-refractivity contribution is 9.10. The van der Waals surface area contributed by atoms with Crippen molar-refractivity contribution >= 4 is 21.9 Å². The van der Waals surface area contributed by atoms with Gasteiger partial charge in [0.15, 0.2) is 6.61 Å². The van der Waals surface area contributed by atoms with E-state index in [4.69, 9.17) is 9.26 Å². The van der Waals surface area contributed by atoms with Crippen molar-refractivity contribution < 1.29 is 14.1 Å². The van der Waals surface area contributed by atoms with Crippen LogP contribution in [-0.2, 0) is 11.3 Å². The lowest BCUT2D eigenvalue weighted by Crippen LogP contribution is -2.05. The maximum atomic E-state index is 11.9. The smallest absolute Gasteiger partial charge is 0.338 e. The minimum atomic E-state index is -0.423. The number of aryl methyl sites for hydroxylation is 1. The molecule has 0 amide bonds. The Morgan fingerprint density at radius 2 is 1.83 bits per heavy atom. The first-order valence-electron chi connectivity index (χ1n) is 6.94. The van der Waals surface area contributed by atoms with E-state index >= 15 is 0 Å². The van der Waals surface area contributed by atoms with Crippen LogP contribution in [0.2, 0.25) is 0 Å². The zero-order valence-electron chi connectivity index (χ0n) is 12.3. The number of carbonyl (C=O) groups excluding carboxylic acids is 1. The molecule has 0 bridgehead atoms. The molecule has 0 spiro atoms. The third-order valence-electron chi connectivity index (χ3n) is 3.18. The van der Waals surface area contributed by atoms with Crippen LogP contribution in [-0.4, -0.2) is 16.1 Å². The van der Waals surface area contributed by atoms with Crippen molar-refractivity contribution in [2.75, 3.05) is 0 Å². The molecule has 0 aliphatic heterocycles. The summed E-state index contributed by atoms with van der Waals surface area (Å²) in [6.45, 7) is 1.90. The number of esters is 1. The molecule has 3 rings (SSSR count). The van der Waals surface area contributed by atoms with Gasteiger partial charge in [0.25, 0.3) is 5.89 Å². The second-order valence-electron chi connectivity index (χ2n) is 4.96. The first-order valence-corrected chi connectivity index (χ1v) is 7.73. The Hall–Kier alpha value is -2.47. The van der Waals surface area contributed by atoms with E-state index in [1.54, 1.807) is 12.1 Å². The standard InChI is InChI=1S/C17H13BrN2O3/c1-11-2-4-13(5-3-11)17(21)22-10-15-19-16(20-23-15)12-6-8-14(18)9-7-12/h2-9H,10H2,1H3. The van der Waals surface area contributed by atoms with E-state index in [1.807, 2.05) is 43.3 Å². The Morgan fingerprint density at radius 1 is 1.13 bits per heavy atom. The van der Waals surface area contributed by atoms with Crippen molar-refractivity contribution in [2.45, 2.75) is 13.5 Å². The van der Waals surface area contributed by atoms with Gasteiger partial charge in [0.1, 0.15) is 0 Å². The van der Waals surface area contributed by atoms with Gasteiger partial charge in [0, 0.05) is 10.0 Å². The summed E-state index contributed by atoms with van der Waals surface area (Å²) in [6, 6.07) is 14.7. The van der Waals surface area contributed by atoms with Crippen LogP contribution >= 0.6 is 15.9 Å². The second-order valence-corrected chi connectivity index (χ2v) is 5.88. The van der Waals surface area contributed by atoms with Crippen molar-refractivity contribution in [3.63, 3.8) is 0 Å². The summed E-state index contributed by atoms with van der Waals surface area (Å²) in [4.78, 5) is 16.1. The maximum absolute atomic E-state index is 11.9. The number of benzene rings is 2. The SMILES string of the molecule is Cc1ccc(C(=O)OCc2nc(-c3ccc(Br)cc3)no2)cc1. The molecule has 0 saturated heterocycles. The van der Waals surface area contributed by atoms with Gasteiger partial charge >= 0.3 is 5.97 Å². The molecular formula is C17H13BrN2O3. The zero-order valence-corrected chi connectivity index (χ0v) is 13.9. The highest BCUT2D eigenvalue weighted by atomic mass is 79.9. The number of carbonyl (C=O) groups is 1. The van der Waals surface area contributed by atoms with Crippen LogP contribution in [0, 0.1) is 6.92 Å². The molecule has 0 aliphatic carbocycles. The summed E-state index contributed by atoms with van der Waals surface area (Å²) in [5, 5.41) is 3.89. The lowest BCUT2D eigenvalue weighted by atomic mass is 10.1. The van der Waals surface area contributed by atoms with Crippen molar-refractivity contribution in [3.8, 4) is 11.4 Å². The van der Waals surface area contributed by atoms with Crippen LogP contribution in [0.1, 0.15) is 21.8 Å². The van der Waals surface area contributed by atoms with Gasteiger partial charge in [-0.05, 0) is 43.3 Å². The summed E-state index contributed by atoms with van der Waals surface area (Å²) < 4.78 is 11.3. The van der Waals surface area contributed by atoms with Gasteiger partial charge in [-0.3, -0.25) is 0 Å². The monoisotopic (exact) mass is 372 g/mol. The highest BCUT2D eigenvalue weighted by Crippen LogP contribution is 2.19. The van der Waals surface area contributed by atoms with E-state index in [2.05, 4.69) is 26.1 Å². The highest BCUT2D eigenvalue weighted by Gasteiger charge is 2.12. The average Bonchev–Trinajstić information content (AvgIpc) is 3.03. The van der Waals surface area contributed by atoms with Gasteiger partial charge in [-0.2, -0.15) is 4.98 Å². The number of aromatic nitrogens is 2. The molecule has 0 N–H and O–H groups in total. The van der Waals surface area contributed by atoms with Gasteiger partial charge < -0.3 is 9.26 Å².